The van der Waals surface area contributed by atoms with Gasteiger partial charge in [0.05, 0.1) is 0 Å². The van der Waals surface area contributed by atoms with Crippen LogP contribution in [0.25, 0.3) is 0 Å². The number of halogens is 1. The summed E-state index contributed by atoms with van der Waals surface area (Å²) in [5, 5.41) is 0. The zero-order chi connectivity index (χ0) is 15.9. The number of carbonyl (C=O) groups excluding carboxylic acids is 2. The molecule has 0 aliphatic heterocycles. The summed E-state index contributed by atoms with van der Waals surface area (Å²) in [5.74, 6) is -0.399. The van der Waals surface area contributed by atoms with Crippen molar-refractivity contribution in [2.75, 3.05) is 11.4 Å². The summed E-state index contributed by atoms with van der Waals surface area (Å²) < 4.78 is 0.908. The van der Waals surface area contributed by atoms with E-state index in [2.05, 4.69) is 15.9 Å². The minimum Gasteiger partial charge on any atom is -0.309 e. The van der Waals surface area contributed by atoms with Gasteiger partial charge < -0.3 is 4.90 Å². The number of allylic oxidation sites excluding steroid dienone is 1. The number of hydrogen-bond acceptors (Lipinski definition) is 2. The van der Waals surface area contributed by atoms with Gasteiger partial charge >= 0.3 is 0 Å². The fourth-order valence-electron chi connectivity index (χ4n) is 2.02. The minimum atomic E-state index is -0.209. The van der Waals surface area contributed by atoms with Crippen LogP contribution in [0.2, 0.25) is 0 Å². The van der Waals surface area contributed by atoms with E-state index >= 15 is 0 Å². The minimum absolute atomic E-state index is 0.190. The van der Waals surface area contributed by atoms with Gasteiger partial charge in [-0.1, -0.05) is 34.1 Å². The molecule has 0 radical (unpaired) electrons. The van der Waals surface area contributed by atoms with Gasteiger partial charge in [-0.25, -0.2) is 0 Å². The van der Waals surface area contributed by atoms with Gasteiger partial charge in [-0.3, -0.25) is 9.59 Å². The molecule has 0 unspecified atom stereocenters. The Morgan fingerprint density at radius 3 is 2.23 bits per heavy atom. The highest BCUT2D eigenvalue weighted by atomic mass is 79.9. The van der Waals surface area contributed by atoms with Crippen LogP contribution in [-0.4, -0.2) is 18.2 Å². The van der Waals surface area contributed by atoms with Gasteiger partial charge in [0.1, 0.15) is 0 Å². The molecular formula is C18H16BrNO2. The quantitative estimate of drug-likeness (QED) is 0.592. The van der Waals surface area contributed by atoms with E-state index in [-0.39, 0.29) is 11.7 Å². The number of rotatable bonds is 5. The Morgan fingerprint density at radius 1 is 1.00 bits per heavy atom. The maximum Gasteiger partial charge on any atom is 0.251 e. The van der Waals surface area contributed by atoms with Gasteiger partial charge in [0.25, 0.3) is 5.91 Å². The number of ketones is 1. The Hall–Kier alpha value is -2.20. The summed E-state index contributed by atoms with van der Waals surface area (Å²) >= 11 is 3.32. The molecule has 0 saturated carbocycles. The molecule has 0 N–H and O–H groups in total. The molecule has 0 atom stereocenters. The third-order valence-electron chi connectivity index (χ3n) is 3.16. The Balaban J connectivity index is 2.09. The van der Waals surface area contributed by atoms with Gasteiger partial charge in [-0.15, -0.1) is 0 Å². The van der Waals surface area contributed by atoms with Crippen LogP contribution in [0, 0.1) is 0 Å². The van der Waals surface area contributed by atoms with Crippen LogP contribution in [0.15, 0.2) is 71.2 Å². The SMILES string of the molecule is CCN(C(=O)/C=C/C(=O)c1ccc(Br)cc1)c1ccccc1. The molecule has 4 heteroatoms. The zero-order valence-corrected chi connectivity index (χ0v) is 13.8. The number of amides is 1. The molecule has 0 spiro atoms. The predicted octanol–water partition coefficient (Wildman–Crippen LogP) is 4.24. The lowest BCUT2D eigenvalue weighted by Gasteiger charge is -2.18. The zero-order valence-electron chi connectivity index (χ0n) is 12.2. The molecule has 3 nitrogen and oxygen atoms in total. The van der Waals surface area contributed by atoms with E-state index < -0.39 is 0 Å². The van der Waals surface area contributed by atoms with E-state index in [1.54, 1.807) is 29.2 Å². The Bertz CT molecular complexity index is 678. The summed E-state index contributed by atoms with van der Waals surface area (Å²) in [7, 11) is 0. The van der Waals surface area contributed by atoms with Crippen LogP contribution in [0.3, 0.4) is 0 Å². The molecule has 22 heavy (non-hydrogen) atoms. The number of benzene rings is 2. The summed E-state index contributed by atoms with van der Waals surface area (Å²) in [4.78, 5) is 25.9. The first-order chi connectivity index (χ1) is 10.6. The van der Waals surface area contributed by atoms with Crippen LogP contribution < -0.4 is 4.90 Å². The highest BCUT2D eigenvalue weighted by Crippen LogP contribution is 2.14. The number of anilines is 1. The third kappa shape index (κ3) is 4.15. The lowest BCUT2D eigenvalue weighted by atomic mass is 10.1. The van der Waals surface area contributed by atoms with Crippen molar-refractivity contribution >= 4 is 33.3 Å². The lowest BCUT2D eigenvalue weighted by molar-refractivity contribution is -0.114. The first-order valence-corrected chi connectivity index (χ1v) is 7.75. The van der Waals surface area contributed by atoms with Gasteiger partial charge in [0.2, 0.25) is 0 Å². The second-order valence-electron chi connectivity index (χ2n) is 4.62. The molecule has 112 valence electrons. The molecule has 0 aliphatic rings. The van der Waals surface area contributed by atoms with Crippen molar-refractivity contribution in [3.63, 3.8) is 0 Å². The predicted molar refractivity (Wildman–Crippen MR) is 92.1 cm³/mol. The maximum atomic E-state index is 12.2. The first-order valence-electron chi connectivity index (χ1n) is 6.96. The fourth-order valence-corrected chi connectivity index (χ4v) is 2.29. The van der Waals surface area contributed by atoms with E-state index in [1.165, 1.54) is 12.2 Å². The topological polar surface area (TPSA) is 37.4 Å². The van der Waals surface area contributed by atoms with E-state index in [1.807, 2.05) is 37.3 Å². The summed E-state index contributed by atoms with van der Waals surface area (Å²) in [6.45, 7) is 2.44. The van der Waals surface area contributed by atoms with Crippen molar-refractivity contribution in [3.8, 4) is 0 Å². The second kappa shape index (κ2) is 7.71. The molecular weight excluding hydrogens is 342 g/mol. The number of nitrogens with zero attached hydrogens (tertiary/aromatic N) is 1. The second-order valence-corrected chi connectivity index (χ2v) is 5.54. The molecule has 0 heterocycles. The van der Waals surface area contributed by atoms with Gasteiger partial charge in [-0.05, 0) is 49.4 Å². The molecule has 0 aliphatic carbocycles. The standard InChI is InChI=1S/C18H16BrNO2/c1-2-20(16-6-4-3-5-7-16)18(22)13-12-17(21)14-8-10-15(19)11-9-14/h3-13H,2H2,1H3/b13-12+. The van der Waals surface area contributed by atoms with Crippen molar-refractivity contribution in [1.29, 1.82) is 0 Å². The van der Waals surface area contributed by atoms with E-state index in [0.717, 1.165) is 10.2 Å². The van der Waals surface area contributed by atoms with Crippen molar-refractivity contribution in [2.24, 2.45) is 0 Å². The normalized spacial score (nSPS) is 10.6. The summed E-state index contributed by atoms with van der Waals surface area (Å²) in [5.41, 5.74) is 1.37. The monoisotopic (exact) mass is 357 g/mol. The van der Waals surface area contributed by atoms with Crippen molar-refractivity contribution in [3.05, 3.63) is 76.8 Å². The molecule has 0 saturated heterocycles. The number of para-hydroxylation sites is 1. The van der Waals surface area contributed by atoms with E-state index in [9.17, 15) is 9.59 Å². The van der Waals surface area contributed by atoms with Gasteiger partial charge in [0.15, 0.2) is 5.78 Å². The largest absolute Gasteiger partial charge is 0.309 e. The molecule has 2 rings (SSSR count). The number of hydrogen-bond donors (Lipinski definition) is 0. The molecule has 2 aromatic carbocycles. The summed E-state index contributed by atoms with van der Waals surface area (Å²) in [6.07, 6.45) is 2.64. The fraction of sp³-hybridized carbons (Fsp3) is 0.111. The van der Waals surface area contributed by atoms with Crippen LogP contribution in [0.1, 0.15) is 17.3 Å². The average molecular weight is 358 g/mol. The molecule has 0 fully saturated rings. The lowest BCUT2D eigenvalue weighted by Crippen LogP contribution is -2.28. The molecule has 2 aromatic rings. The number of carbonyl (C=O) groups is 2. The highest BCUT2D eigenvalue weighted by Gasteiger charge is 2.11. The highest BCUT2D eigenvalue weighted by molar-refractivity contribution is 9.10. The number of likely N-dealkylation sites (N-methyl/N-ethyl adjacent to an activating group) is 1. The van der Waals surface area contributed by atoms with Crippen molar-refractivity contribution in [1.82, 2.24) is 0 Å². The Labute approximate surface area is 138 Å². The Kier molecular flexibility index (Phi) is 5.67. The summed E-state index contributed by atoms with van der Waals surface area (Å²) in [6, 6.07) is 16.4. The van der Waals surface area contributed by atoms with E-state index in [0.29, 0.717) is 12.1 Å². The van der Waals surface area contributed by atoms with Crippen LogP contribution in [-0.2, 0) is 4.79 Å². The van der Waals surface area contributed by atoms with Gasteiger partial charge in [-0.2, -0.15) is 0 Å². The average Bonchev–Trinajstić information content (AvgIpc) is 2.55. The first kappa shape index (κ1) is 16.2. The van der Waals surface area contributed by atoms with Crippen LogP contribution >= 0.6 is 15.9 Å². The smallest absolute Gasteiger partial charge is 0.251 e. The van der Waals surface area contributed by atoms with E-state index in [4.69, 9.17) is 0 Å². The molecule has 0 aromatic heterocycles. The van der Waals surface area contributed by atoms with Gasteiger partial charge in [0, 0.05) is 28.3 Å². The van der Waals surface area contributed by atoms with Crippen molar-refractivity contribution in [2.45, 2.75) is 6.92 Å². The molecule has 1 amide bonds. The Morgan fingerprint density at radius 2 is 1.64 bits per heavy atom. The third-order valence-corrected chi connectivity index (χ3v) is 3.68. The van der Waals surface area contributed by atoms with Crippen LogP contribution in [0.4, 0.5) is 5.69 Å². The molecule has 0 bridgehead atoms. The maximum absolute atomic E-state index is 12.2. The van der Waals surface area contributed by atoms with Crippen LogP contribution in [0.5, 0.6) is 0 Å². The van der Waals surface area contributed by atoms with Crippen molar-refractivity contribution < 1.29 is 9.59 Å².